The van der Waals surface area contributed by atoms with Gasteiger partial charge in [-0.15, -0.1) is 0 Å². The Bertz CT molecular complexity index is 896. The number of rotatable bonds is 5. The molecule has 2 fully saturated rings. The summed E-state index contributed by atoms with van der Waals surface area (Å²) in [5.74, 6) is 0.903. The highest BCUT2D eigenvalue weighted by Gasteiger charge is 2.31. The third-order valence-electron chi connectivity index (χ3n) is 6.62. The zero-order valence-electron chi connectivity index (χ0n) is 18.1. The second kappa shape index (κ2) is 10.2. The van der Waals surface area contributed by atoms with Crippen LogP contribution < -0.4 is 10.2 Å². The maximum Gasteiger partial charge on any atom is 0.222 e. The summed E-state index contributed by atoms with van der Waals surface area (Å²) in [7, 11) is 0. The summed E-state index contributed by atoms with van der Waals surface area (Å²) < 4.78 is 0. The number of piperazine rings is 1. The predicted molar refractivity (Wildman–Crippen MR) is 129 cm³/mol. The van der Waals surface area contributed by atoms with E-state index in [1.807, 2.05) is 24.3 Å². The number of benzene rings is 2. The van der Waals surface area contributed by atoms with Gasteiger partial charge in [-0.2, -0.15) is 0 Å². The van der Waals surface area contributed by atoms with Crippen LogP contribution in [0.3, 0.4) is 0 Å². The minimum atomic E-state index is 0.0891. The summed E-state index contributed by atoms with van der Waals surface area (Å²) in [5, 5.41) is 4.92. The monoisotopic (exact) mass is 459 g/mol. The minimum absolute atomic E-state index is 0.0891. The molecule has 0 bridgehead atoms. The van der Waals surface area contributed by atoms with Gasteiger partial charge >= 0.3 is 0 Å². The molecule has 2 aromatic carbocycles. The normalized spacial score (nSPS) is 21.9. The second-order valence-electron chi connectivity index (χ2n) is 8.78. The highest BCUT2D eigenvalue weighted by Crippen LogP contribution is 2.34. The number of hydrogen-bond acceptors (Lipinski definition) is 3. The third-order valence-corrected chi connectivity index (χ3v) is 7.11. The first kappa shape index (κ1) is 22.4. The Morgan fingerprint density at radius 2 is 1.87 bits per heavy atom. The lowest BCUT2D eigenvalue weighted by atomic mass is 9.94. The maximum absolute atomic E-state index is 13.1. The van der Waals surface area contributed by atoms with E-state index in [1.54, 1.807) is 0 Å². The maximum atomic E-state index is 13.1. The molecule has 6 heteroatoms. The molecule has 0 spiro atoms. The van der Waals surface area contributed by atoms with Crippen LogP contribution in [0.4, 0.5) is 5.69 Å². The molecular formula is C25H31Cl2N3O. The summed E-state index contributed by atoms with van der Waals surface area (Å²) in [6.45, 7) is 6.48. The van der Waals surface area contributed by atoms with Crippen molar-refractivity contribution in [2.24, 2.45) is 5.92 Å². The van der Waals surface area contributed by atoms with Crippen molar-refractivity contribution < 1.29 is 4.79 Å². The highest BCUT2D eigenvalue weighted by molar-refractivity contribution is 6.31. The van der Waals surface area contributed by atoms with Crippen LogP contribution in [-0.2, 0) is 4.79 Å². The quantitative estimate of drug-likeness (QED) is 0.643. The molecule has 4 nitrogen and oxygen atoms in total. The smallest absolute Gasteiger partial charge is 0.222 e. The molecule has 2 saturated heterocycles. The van der Waals surface area contributed by atoms with Gasteiger partial charge in [-0.05, 0) is 86.7 Å². The van der Waals surface area contributed by atoms with E-state index < -0.39 is 0 Å². The fraction of sp³-hybridized carbons (Fsp3) is 0.480. The van der Waals surface area contributed by atoms with Crippen molar-refractivity contribution in [2.45, 2.75) is 38.6 Å². The molecule has 1 unspecified atom stereocenters. The molecule has 0 aromatic heterocycles. The number of hydrogen-bond donors (Lipinski definition) is 1. The van der Waals surface area contributed by atoms with Gasteiger partial charge in [0.2, 0.25) is 5.91 Å². The van der Waals surface area contributed by atoms with Crippen molar-refractivity contribution in [3.05, 3.63) is 63.6 Å². The number of nitrogens with zero attached hydrogens (tertiary/aromatic N) is 2. The summed E-state index contributed by atoms with van der Waals surface area (Å²) in [6.07, 6.45) is 4.07. The van der Waals surface area contributed by atoms with Gasteiger partial charge in [0.25, 0.3) is 0 Å². The van der Waals surface area contributed by atoms with E-state index in [2.05, 4.69) is 40.2 Å². The number of nitrogens with one attached hydrogen (secondary N) is 1. The molecule has 2 atom stereocenters. The molecule has 31 heavy (non-hydrogen) atoms. The van der Waals surface area contributed by atoms with Crippen molar-refractivity contribution >= 4 is 34.8 Å². The first-order valence-electron chi connectivity index (χ1n) is 11.3. The van der Waals surface area contributed by atoms with Crippen molar-refractivity contribution in [3.63, 3.8) is 0 Å². The molecule has 2 aromatic rings. The van der Waals surface area contributed by atoms with Gasteiger partial charge in [0.15, 0.2) is 0 Å². The third kappa shape index (κ3) is 5.54. The van der Waals surface area contributed by atoms with Gasteiger partial charge in [-0.3, -0.25) is 4.79 Å². The molecule has 0 aliphatic carbocycles. The standard InChI is InChI=1S/C25H31Cl2N3O/c1-18-15-22(27)9-10-23(18)30-14-13-29(17-24(30)20-5-7-21(26)8-6-20)25(31)11-4-19-3-2-12-28-16-19/h5-10,15,19,24,28H,2-4,11-14,16-17H2,1H3/t19?,24-/m0/s1. The molecule has 0 radical (unpaired) electrons. The summed E-state index contributed by atoms with van der Waals surface area (Å²) in [5.41, 5.74) is 3.49. The van der Waals surface area contributed by atoms with E-state index in [-0.39, 0.29) is 11.9 Å². The van der Waals surface area contributed by atoms with Crippen molar-refractivity contribution in [1.82, 2.24) is 10.2 Å². The Morgan fingerprint density at radius 1 is 1.10 bits per heavy atom. The molecule has 1 N–H and O–H groups in total. The van der Waals surface area contributed by atoms with Gasteiger partial charge in [0.05, 0.1) is 6.04 Å². The molecule has 1 amide bonds. The number of anilines is 1. The number of piperidine rings is 1. The average Bonchev–Trinajstić information content (AvgIpc) is 2.78. The highest BCUT2D eigenvalue weighted by atomic mass is 35.5. The van der Waals surface area contributed by atoms with Crippen LogP contribution in [0, 0.1) is 12.8 Å². The van der Waals surface area contributed by atoms with E-state index in [4.69, 9.17) is 23.2 Å². The van der Waals surface area contributed by atoms with Crippen LogP contribution in [-0.4, -0.2) is 43.5 Å². The van der Waals surface area contributed by atoms with Gasteiger partial charge in [-0.1, -0.05) is 35.3 Å². The Labute approximate surface area is 195 Å². The summed E-state index contributed by atoms with van der Waals surface area (Å²) in [6, 6.07) is 14.1. The lowest BCUT2D eigenvalue weighted by Crippen LogP contribution is -2.51. The molecular weight excluding hydrogens is 429 g/mol. The largest absolute Gasteiger partial charge is 0.361 e. The molecule has 0 saturated carbocycles. The lowest BCUT2D eigenvalue weighted by Gasteiger charge is -2.44. The summed E-state index contributed by atoms with van der Waals surface area (Å²) in [4.78, 5) is 17.5. The van der Waals surface area contributed by atoms with E-state index in [1.165, 1.54) is 24.1 Å². The minimum Gasteiger partial charge on any atom is -0.361 e. The Kier molecular flexibility index (Phi) is 7.42. The van der Waals surface area contributed by atoms with Gasteiger partial charge < -0.3 is 15.1 Å². The predicted octanol–water partition coefficient (Wildman–Crippen LogP) is 5.47. The fourth-order valence-electron chi connectivity index (χ4n) is 4.87. The van der Waals surface area contributed by atoms with Crippen LogP contribution in [0.5, 0.6) is 0 Å². The topological polar surface area (TPSA) is 35.6 Å². The van der Waals surface area contributed by atoms with Crippen LogP contribution >= 0.6 is 23.2 Å². The first-order chi connectivity index (χ1) is 15.0. The Morgan fingerprint density at radius 3 is 2.58 bits per heavy atom. The van der Waals surface area contributed by atoms with E-state index in [9.17, 15) is 4.79 Å². The SMILES string of the molecule is Cc1cc(Cl)ccc1N1CCN(C(=O)CCC2CCCNC2)C[C@H]1c1ccc(Cl)cc1. The fourth-order valence-corrected chi connectivity index (χ4v) is 5.22. The lowest BCUT2D eigenvalue weighted by molar-refractivity contribution is -0.132. The number of halogens is 2. The van der Waals surface area contributed by atoms with E-state index in [0.29, 0.717) is 18.9 Å². The van der Waals surface area contributed by atoms with E-state index >= 15 is 0 Å². The number of aryl methyl sites for hydroxylation is 1. The molecule has 166 valence electrons. The van der Waals surface area contributed by atoms with Crippen LogP contribution in [0.15, 0.2) is 42.5 Å². The van der Waals surface area contributed by atoms with Crippen LogP contribution in [0.1, 0.15) is 42.9 Å². The molecule has 4 rings (SSSR count). The van der Waals surface area contributed by atoms with Crippen molar-refractivity contribution in [2.75, 3.05) is 37.6 Å². The van der Waals surface area contributed by atoms with Gasteiger partial charge in [0, 0.05) is 41.8 Å². The zero-order chi connectivity index (χ0) is 21.8. The van der Waals surface area contributed by atoms with Crippen molar-refractivity contribution in [1.29, 1.82) is 0 Å². The van der Waals surface area contributed by atoms with E-state index in [0.717, 1.165) is 48.2 Å². The second-order valence-corrected chi connectivity index (χ2v) is 9.66. The molecule has 2 aliphatic rings. The van der Waals surface area contributed by atoms with Gasteiger partial charge in [0.1, 0.15) is 0 Å². The van der Waals surface area contributed by atoms with Crippen LogP contribution in [0.2, 0.25) is 10.0 Å². The van der Waals surface area contributed by atoms with Crippen molar-refractivity contribution in [3.8, 4) is 0 Å². The zero-order valence-corrected chi connectivity index (χ0v) is 19.6. The molecule has 2 heterocycles. The van der Waals surface area contributed by atoms with Crippen LogP contribution in [0.25, 0.3) is 0 Å². The Balaban J connectivity index is 1.51. The average molecular weight is 460 g/mol. The van der Waals surface area contributed by atoms with Gasteiger partial charge in [-0.25, -0.2) is 0 Å². The first-order valence-corrected chi connectivity index (χ1v) is 12.0. The molecule has 2 aliphatic heterocycles. The number of carbonyl (C=O) groups is 1. The summed E-state index contributed by atoms with van der Waals surface area (Å²) >= 11 is 12.3. The number of carbonyl (C=O) groups excluding carboxylic acids is 1. The Hall–Kier alpha value is -1.75. The number of amides is 1.